The number of aromatic nitrogens is 1. The topological polar surface area (TPSA) is 38.9 Å². The van der Waals surface area contributed by atoms with Crippen molar-refractivity contribution in [3.05, 3.63) is 64.7 Å². The number of hydrogen-bond donors (Lipinski definition) is 1. The minimum Gasteiger partial charge on any atom is -0.330 e. The van der Waals surface area contributed by atoms with E-state index >= 15 is 0 Å². The van der Waals surface area contributed by atoms with Gasteiger partial charge in [-0.25, -0.2) is 4.98 Å². The Kier molecular flexibility index (Phi) is 3.81. The zero-order chi connectivity index (χ0) is 13.9. The SMILES string of the molecule is Cc1cccc(C(CN)Cc2nc3ccccc3s2)c1. The lowest BCUT2D eigenvalue weighted by atomic mass is 9.95. The fourth-order valence-corrected chi connectivity index (χ4v) is 3.53. The second kappa shape index (κ2) is 5.73. The summed E-state index contributed by atoms with van der Waals surface area (Å²) in [5, 5.41) is 1.17. The number of para-hydroxylation sites is 1. The molecule has 2 N–H and O–H groups in total. The van der Waals surface area contributed by atoms with Gasteiger partial charge in [0, 0.05) is 12.3 Å². The number of rotatable bonds is 4. The van der Waals surface area contributed by atoms with E-state index in [1.165, 1.54) is 20.8 Å². The molecule has 2 nitrogen and oxygen atoms in total. The summed E-state index contributed by atoms with van der Waals surface area (Å²) < 4.78 is 1.25. The average molecular weight is 282 g/mol. The highest BCUT2D eigenvalue weighted by Gasteiger charge is 2.13. The van der Waals surface area contributed by atoms with Gasteiger partial charge in [-0.05, 0) is 31.2 Å². The van der Waals surface area contributed by atoms with E-state index in [2.05, 4.69) is 49.4 Å². The standard InChI is InChI=1S/C17H18N2S/c1-12-5-4-6-13(9-12)14(11-18)10-17-19-15-7-2-3-8-16(15)20-17/h2-9,14H,10-11,18H2,1H3. The van der Waals surface area contributed by atoms with E-state index in [-0.39, 0.29) is 0 Å². The Balaban J connectivity index is 1.87. The van der Waals surface area contributed by atoms with Gasteiger partial charge in [0.2, 0.25) is 0 Å². The monoisotopic (exact) mass is 282 g/mol. The van der Waals surface area contributed by atoms with Crippen molar-refractivity contribution < 1.29 is 0 Å². The molecule has 2 aromatic carbocycles. The molecule has 0 aliphatic heterocycles. The van der Waals surface area contributed by atoms with Crippen molar-refractivity contribution in [3.63, 3.8) is 0 Å². The first-order valence-electron chi connectivity index (χ1n) is 6.87. The molecule has 0 saturated heterocycles. The molecule has 1 heterocycles. The number of nitrogens with zero attached hydrogens (tertiary/aromatic N) is 1. The lowest BCUT2D eigenvalue weighted by Crippen LogP contribution is -2.15. The zero-order valence-electron chi connectivity index (χ0n) is 11.5. The number of aryl methyl sites for hydroxylation is 1. The van der Waals surface area contributed by atoms with Crippen LogP contribution in [0.5, 0.6) is 0 Å². The Labute approximate surface area is 123 Å². The van der Waals surface area contributed by atoms with Gasteiger partial charge < -0.3 is 5.73 Å². The fraction of sp³-hybridized carbons (Fsp3) is 0.235. The first-order valence-corrected chi connectivity index (χ1v) is 7.69. The van der Waals surface area contributed by atoms with Gasteiger partial charge in [-0.15, -0.1) is 11.3 Å². The third kappa shape index (κ3) is 2.74. The second-order valence-electron chi connectivity index (χ2n) is 5.13. The van der Waals surface area contributed by atoms with Crippen LogP contribution in [0.1, 0.15) is 22.1 Å². The summed E-state index contributed by atoms with van der Waals surface area (Å²) in [7, 11) is 0. The molecule has 0 radical (unpaired) electrons. The van der Waals surface area contributed by atoms with Crippen LogP contribution < -0.4 is 5.73 Å². The molecule has 1 atom stereocenters. The largest absolute Gasteiger partial charge is 0.330 e. The maximum absolute atomic E-state index is 5.97. The zero-order valence-corrected chi connectivity index (χ0v) is 12.4. The van der Waals surface area contributed by atoms with Gasteiger partial charge in [0.1, 0.15) is 0 Å². The van der Waals surface area contributed by atoms with Crippen LogP contribution in [0, 0.1) is 6.92 Å². The van der Waals surface area contributed by atoms with E-state index in [1.54, 1.807) is 11.3 Å². The number of thiazole rings is 1. The molecule has 0 amide bonds. The van der Waals surface area contributed by atoms with Crippen LogP contribution in [-0.4, -0.2) is 11.5 Å². The normalized spacial score (nSPS) is 12.7. The van der Waals surface area contributed by atoms with Crippen molar-refractivity contribution in [2.45, 2.75) is 19.3 Å². The maximum Gasteiger partial charge on any atom is 0.0945 e. The summed E-state index contributed by atoms with van der Waals surface area (Å²) in [4.78, 5) is 4.71. The number of fused-ring (bicyclic) bond motifs is 1. The maximum atomic E-state index is 5.97. The first kappa shape index (κ1) is 13.3. The Hall–Kier alpha value is -1.71. The van der Waals surface area contributed by atoms with E-state index in [0.717, 1.165) is 11.9 Å². The molecule has 0 fully saturated rings. The minimum atomic E-state index is 0.343. The van der Waals surface area contributed by atoms with Crippen LogP contribution in [0.15, 0.2) is 48.5 Å². The fourth-order valence-electron chi connectivity index (χ4n) is 2.48. The van der Waals surface area contributed by atoms with Crippen molar-refractivity contribution in [1.29, 1.82) is 0 Å². The summed E-state index contributed by atoms with van der Waals surface area (Å²) in [6.45, 7) is 2.77. The van der Waals surface area contributed by atoms with Crippen LogP contribution in [0.2, 0.25) is 0 Å². The van der Waals surface area contributed by atoms with E-state index in [9.17, 15) is 0 Å². The Bertz CT molecular complexity index is 685. The highest BCUT2D eigenvalue weighted by atomic mass is 32.1. The third-order valence-electron chi connectivity index (χ3n) is 3.56. The quantitative estimate of drug-likeness (QED) is 0.788. The number of benzene rings is 2. The van der Waals surface area contributed by atoms with Crippen molar-refractivity contribution >= 4 is 21.6 Å². The second-order valence-corrected chi connectivity index (χ2v) is 6.24. The summed E-state index contributed by atoms with van der Waals surface area (Å²) in [6.07, 6.45) is 0.916. The Morgan fingerprint density at radius 3 is 2.75 bits per heavy atom. The van der Waals surface area contributed by atoms with E-state index in [0.29, 0.717) is 12.5 Å². The molecule has 3 heteroatoms. The molecule has 1 unspecified atom stereocenters. The van der Waals surface area contributed by atoms with Crippen LogP contribution >= 0.6 is 11.3 Å². The highest BCUT2D eigenvalue weighted by Crippen LogP contribution is 2.27. The van der Waals surface area contributed by atoms with Crippen molar-refractivity contribution in [2.24, 2.45) is 5.73 Å². The molecule has 0 aliphatic rings. The lowest BCUT2D eigenvalue weighted by Gasteiger charge is -2.14. The van der Waals surface area contributed by atoms with Gasteiger partial charge in [0.05, 0.1) is 15.2 Å². The van der Waals surface area contributed by atoms with E-state index < -0.39 is 0 Å². The Morgan fingerprint density at radius 1 is 1.15 bits per heavy atom. The van der Waals surface area contributed by atoms with Gasteiger partial charge in [0.25, 0.3) is 0 Å². The van der Waals surface area contributed by atoms with Crippen LogP contribution in [0.4, 0.5) is 0 Å². The summed E-state index contributed by atoms with van der Waals surface area (Å²) in [5.74, 6) is 0.343. The van der Waals surface area contributed by atoms with Crippen molar-refractivity contribution in [3.8, 4) is 0 Å². The van der Waals surface area contributed by atoms with Crippen LogP contribution in [-0.2, 0) is 6.42 Å². The predicted octanol–water partition coefficient (Wildman–Crippen LogP) is 3.89. The van der Waals surface area contributed by atoms with Gasteiger partial charge in [-0.2, -0.15) is 0 Å². The molecular weight excluding hydrogens is 264 g/mol. The molecule has 0 saturated carbocycles. The Morgan fingerprint density at radius 2 is 2.00 bits per heavy atom. The summed E-state index contributed by atoms with van der Waals surface area (Å²) in [5.41, 5.74) is 9.66. The first-order chi connectivity index (χ1) is 9.76. The molecule has 0 bridgehead atoms. The summed E-state index contributed by atoms with van der Waals surface area (Å²) >= 11 is 1.77. The molecule has 102 valence electrons. The molecule has 3 aromatic rings. The van der Waals surface area contributed by atoms with Crippen molar-refractivity contribution in [2.75, 3.05) is 6.54 Å². The van der Waals surface area contributed by atoms with Crippen molar-refractivity contribution in [1.82, 2.24) is 4.98 Å². The molecule has 1 aromatic heterocycles. The van der Waals surface area contributed by atoms with Crippen LogP contribution in [0.25, 0.3) is 10.2 Å². The van der Waals surface area contributed by atoms with Gasteiger partial charge in [-0.3, -0.25) is 0 Å². The van der Waals surface area contributed by atoms with Gasteiger partial charge >= 0.3 is 0 Å². The molecular formula is C17H18N2S. The van der Waals surface area contributed by atoms with Gasteiger partial charge in [-0.1, -0.05) is 42.0 Å². The molecule has 0 spiro atoms. The van der Waals surface area contributed by atoms with Gasteiger partial charge in [0.15, 0.2) is 0 Å². The number of nitrogens with two attached hydrogens (primary N) is 1. The molecule has 3 rings (SSSR count). The smallest absolute Gasteiger partial charge is 0.0945 e. The predicted molar refractivity (Wildman–Crippen MR) is 86.3 cm³/mol. The lowest BCUT2D eigenvalue weighted by molar-refractivity contribution is 0.691. The minimum absolute atomic E-state index is 0.343. The number of hydrogen-bond acceptors (Lipinski definition) is 3. The third-order valence-corrected chi connectivity index (χ3v) is 4.62. The van der Waals surface area contributed by atoms with Crippen LogP contribution in [0.3, 0.4) is 0 Å². The molecule has 20 heavy (non-hydrogen) atoms. The molecule has 0 aliphatic carbocycles. The summed E-state index contributed by atoms with van der Waals surface area (Å²) in [6, 6.07) is 16.9. The van der Waals surface area contributed by atoms with E-state index in [4.69, 9.17) is 10.7 Å². The highest BCUT2D eigenvalue weighted by molar-refractivity contribution is 7.18. The average Bonchev–Trinajstić information content (AvgIpc) is 2.87. The van der Waals surface area contributed by atoms with E-state index in [1.807, 2.05) is 6.07 Å².